The predicted molar refractivity (Wildman–Crippen MR) is 94.0 cm³/mol. The fourth-order valence-corrected chi connectivity index (χ4v) is 2.55. The third-order valence-electron chi connectivity index (χ3n) is 3.42. The topological polar surface area (TPSA) is 93.2 Å². The van der Waals surface area contributed by atoms with Crippen LogP contribution >= 0.6 is 11.8 Å². The molecule has 1 heterocycles. The van der Waals surface area contributed by atoms with Crippen LogP contribution in [0.5, 0.6) is 5.75 Å². The van der Waals surface area contributed by atoms with Crippen molar-refractivity contribution in [2.75, 3.05) is 12.0 Å². The van der Waals surface area contributed by atoms with Crippen LogP contribution in [0.2, 0.25) is 0 Å². The molecule has 2 rings (SSSR count). The third-order valence-corrected chi connectivity index (χ3v) is 4.01. The van der Waals surface area contributed by atoms with E-state index in [-0.39, 0.29) is 24.3 Å². The van der Waals surface area contributed by atoms with Gasteiger partial charge < -0.3 is 15.0 Å². The van der Waals surface area contributed by atoms with Crippen molar-refractivity contribution in [2.24, 2.45) is 0 Å². The van der Waals surface area contributed by atoms with Crippen LogP contribution in [0, 0.1) is 0 Å². The number of hydrogen-bond acceptors (Lipinski definition) is 5. The summed E-state index contributed by atoms with van der Waals surface area (Å²) < 4.78 is 42.1. The lowest BCUT2D eigenvalue weighted by Crippen LogP contribution is -2.38. The number of carbonyl (C=O) groups is 1. The molecule has 0 radical (unpaired) electrons. The Balaban J connectivity index is 2.13. The highest BCUT2D eigenvalue weighted by Crippen LogP contribution is 2.26. The van der Waals surface area contributed by atoms with Crippen molar-refractivity contribution < 1.29 is 22.7 Å². The average Bonchev–Trinajstić information content (AvgIpc) is 2.58. The molecule has 0 atom stereocenters. The Morgan fingerprint density at radius 3 is 2.63 bits per heavy atom. The number of para-hydroxylation sites is 1. The largest absolute Gasteiger partial charge is 0.573 e. The minimum absolute atomic E-state index is 0.0823. The molecule has 1 aromatic carbocycles. The molecule has 1 aromatic heterocycles. The molecular formula is C16H16F3N3O4S. The molecule has 0 spiro atoms. The van der Waals surface area contributed by atoms with Crippen LogP contribution in [0.15, 0.2) is 39.9 Å². The van der Waals surface area contributed by atoms with E-state index in [2.05, 4.69) is 15.0 Å². The molecule has 0 aliphatic carbocycles. The number of hydrogen-bond donors (Lipinski definition) is 2. The van der Waals surface area contributed by atoms with Gasteiger partial charge in [-0.2, -0.15) is 11.8 Å². The summed E-state index contributed by atoms with van der Waals surface area (Å²) in [5, 5.41) is 2.35. The first-order chi connectivity index (χ1) is 12.7. The zero-order chi connectivity index (χ0) is 20.0. The normalized spacial score (nSPS) is 11.3. The minimum atomic E-state index is -4.87. The molecule has 2 aromatic rings. The van der Waals surface area contributed by atoms with Gasteiger partial charge in [0.05, 0.1) is 0 Å². The molecule has 0 unspecified atom stereocenters. The number of ether oxygens (including phenoxy) is 1. The maximum atomic E-state index is 12.4. The Bertz CT molecular complexity index is 893. The van der Waals surface area contributed by atoms with Crippen LogP contribution in [0.3, 0.4) is 0 Å². The Morgan fingerprint density at radius 2 is 2.00 bits per heavy atom. The van der Waals surface area contributed by atoms with E-state index in [1.807, 2.05) is 6.26 Å². The first kappa shape index (κ1) is 20.6. The summed E-state index contributed by atoms with van der Waals surface area (Å²) in [5.74, 6) is -0.709. The molecule has 0 saturated carbocycles. The first-order valence-corrected chi connectivity index (χ1v) is 9.05. The molecule has 146 valence electrons. The number of H-pyrrole nitrogens is 1. The van der Waals surface area contributed by atoms with E-state index in [0.29, 0.717) is 5.75 Å². The van der Waals surface area contributed by atoms with Crippen molar-refractivity contribution in [3.63, 3.8) is 0 Å². The molecule has 0 bridgehead atoms. The van der Waals surface area contributed by atoms with E-state index >= 15 is 0 Å². The van der Waals surface area contributed by atoms with Gasteiger partial charge in [-0.05, 0) is 12.3 Å². The number of halogens is 3. The molecule has 1 amide bonds. The van der Waals surface area contributed by atoms with Gasteiger partial charge in [0.25, 0.3) is 11.5 Å². The van der Waals surface area contributed by atoms with Crippen LogP contribution in [0.1, 0.15) is 16.1 Å². The van der Waals surface area contributed by atoms with Crippen LogP contribution in [0.25, 0.3) is 0 Å². The summed E-state index contributed by atoms with van der Waals surface area (Å²) in [7, 11) is 0. The summed E-state index contributed by atoms with van der Waals surface area (Å²) >= 11 is 1.45. The van der Waals surface area contributed by atoms with Crippen LogP contribution in [-0.4, -0.2) is 33.8 Å². The van der Waals surface area contributed by atoms with E-state index < -0.39 is 29.3 Å². The number of rotatable bonds is 7. The van der Waals surface area contributed by atoms with Gasteiger partial charge in [-0.1, -0.05) is 18.2 Å². The summed E-state index contributed by atoms with van der Waals surface area (Å²) in [5.41, 5.74) is -1.57. The van der Waals surface area contributed by atoms with Crippen molar-refractivity contribution in [2.45, 2.75) is 19.5 Å². The average molecular weight is 403 g/mol. The van der Waals surface area contributed by atoms with Crippen molar-refractivity contribution >= 4 is 17.7 Å². The number of thioether (sulfide) groups is 1. The highest BCUT2D eigenvalue weighted by Gasteiger charge is 2.32. The van der Waals surface area contributed by atoms with Crippen molar-refractivity contribution in [1.29, 1.82) is 0 Å². The number of nitrogens with one attached hydrogen (secondary N) is 2. The second-order valence-corrected chi connectivity index (χ2v) is 6.29. The lowest BCUT2D eigenvalue weighted by molar-refractivity contribution is -0.274. The van der Waals surface area contributed by atoms with E-state index in [4.69, 9.17) is 0 Å². The fourth-order valence-electron chi connectivity index (χ4n) is 2.18. The second kappa shape index (κ2) is 8.80. The van der Waals surface area contributed by atoms with Gasteiger partial charge in [-0.15, -0.1) is 13.2 Å². The molecule has 27 heavy (non-hydrogen) atoms. The summed E-state index contributed by atoms with van der Waals surface area (Å²) in [6.07, 6.45) is -3.05. The molecule has 2 N–H and O–H groups in total. The summed E-state index contributed by atoms with van der Waals surface area (Å²) in [4.78, 5) is 38.3. The Hall–Kier alpha value is -2.69. The maximum Gasteiger partial charge on any atom is 0.573 e. The summed E-state index contributed by atoms with van der Waals surface area (Å²) in [6.45, 7) is -0.0952. The van der Waals surface area contributed by atoms with Gasteiger partial charge in [-0.25, -0.2) is 4.79 Å². The monoisotopic (exact) mass is 403 g/mol. The summed E-state index contributed by atoms with van der Waals surface area (Å²) in [6, 6.07) is 6.28. The number of benzene rings is 1. The van der Waals surface area contributed by atoms with Crippen molar-refractivity contribution in [3.8, 4) is 5.75 Å². The number of nitrogens with zero attached hydrogens (tertiary/aromatic N) is 1. The Labute approximate surface area is 155 Å². The van der Waals surface area contributed by atoms with Crippen LogP contribution < -0.4 is 21.3 Å². The van der Waals surface area contributed by atoms with Crippen LogP contribution in [0.4, 0.5) is 13.2 Å². The lowest BCUT2D eigenvalue weighted by Gasteiger charge is -2.13. The standard InChI is InChI=1S/C16H16F3N3O4S/c1-27-7-6-22-13(23)8-11(21-15(22)25)14(24)20-9-10-4-2-3-5-12(10)26-16(17,18)19/h2-5,8H,6-7,9H2,1H3,(H,20,24)(H,21,25). The van der Waals surface area contributed by atoms with Gasteiger partial charge in [0.15, 0.2) is 0 Å². The van der Waals surface area contributed by atoms with Gasteiger partial charge in [0.1, 0.15) is 11.4 Å². The molecule has 11 heteroatoms. The third kappa shape index (κ3) is 5.91. The maximum absolute atomic E-state index is 12.4. The molecule has 0 aliphatic rings. The predicted octanol–water partition coefficient (Wildman–Crippen LogP) is 1.73. The first-order valence-electron chi connectivity index (χ1n) is 7.66. The van der Waals surface area contributed by atoms with Gasteiger partial charge in [-0.3, -0.25) is 14.2 Å². The van der Waals surface area contributed by atoms with Gasteiger partial charge in [0, 0.05) is 30.5 Å². The Morgan fingerprint density at radius 1 is 1.30 bits per heavy atom. The van der Waals surface area contributed by atoms with Crippen LogP contribution in [-0.2, 0) is 13.1 Å². The molecule has 0 aliphatic heterocycles. The highest BCUT2D eigenvalue weighted by atomic mass is 32.2. The van der Waals surface area contributed by atoms with Crippen molar-refractivity contribution in [1.82, 2.24) is 14.9 Å². The zero-order valence-corrected chi connectivity index (χ0v) is 14.9. The zero-order valence-electron chi connectivity index (χ0n) is 14.1. The van der Waals surface area contributed by atoms with E-state index in [1.54, 1.807) is 0 Å². The minimum Gasteiger partial charge on any atom is -0.405 e. The quantitative estimate of drug-likeness (QED) is 0.735. The smallest absolute Gasteiger partial charge is 0.405 e. The van der Waals surface area contributed by atoms with E-state index in [9.17, 15) is 27.6 Å². The number of aromatic nitrogens is 2. The molecule has 7 nitrogen and oxygen atoms in total. The number of aromatic amines is 1. The Kier molecular flexibility index (Phi) is 6.72. The van der Waals surface area contributed by atoms with Gasteiger partial charge in [0.2, 0.25) is 0 Å². The lowest BCUT2D eigenvalue weighted by atomic mass is 10.2. The van der Waals surface area contributed by atoms with E-state index in [1.165, 1.54) is 30.0 Å². The SMILES string of the molecule is CSCCn1c(=O)cc(C(=O)NCc2ccccc2OC(F)(F)F)[nH]c1=O. The van der Waals surface area contributed by atoms with E-state index in [0.717, 1.165) is 16.7 Å². The molecular weight excluding hydrogens is 387 g/mol. The fraction of sp³-hybridized carbons (Fsp3) is 0.312. The molecule has 0 saturated heterocycles. The van der Waals surface area contributed by atoms with Crippen molar-refractivity contribution in [3.05, 3.63) is 62.4 Å². The number of amides is 1. The highest BCUT2D eigenvalue weighted by molar-refractivity contribution is 7.98. The van der Waals surface area contributed by atoms with Gasteiger partial charge >= 0.3 is 12.1 Å². The second-order valence-electron chi connectivity index (χ2n) is 5.31. The number of alkyl halides is 3. The molecule has 0 fully saturated rings. The number of carbonyl (C=O) groups excluding carboxylic acids is 1.